The summed E-state index contributed by atoms with van der Waals surface area (Å²) in [6, 6.07) is 11.4. The molecule has 2 heterocycles. The van der Waals surface area contributed by atoms with Crippen LogP contribution in [0.2, 0.25) is 0 Å². The molecule has 0 aliphatic heterocycles. The van der Waals surface area contributed by atoms with Crippen LogP contribution in [0, 0.1) is 0 Å². The fraction of sp³-hybridized carbons (Fsp3) is 0.294. The Morgan fingerprint density at radius 1 is 1.12 bits per heavy atom. The summed E-state index contributed by atoms with van der Waals surface area (Å²) in [6.07, 6.45) is 4.91. The minimum absolute atomic E-state index is 0.146. The molecule has 0 amide bonds. The summed E-state index contributed by atoms with van der Waals surface area (Å²) >= 11 is 0. The minimum atomic E-state index is -3.27. The highest BCUT2D eigenvalue weighted by molar-refractivity contribution is 7.89. The molecule has 1 N–H and O–H groups in total. The first-order chi connectivity index (χ1) is 11.6. The number of nitrogens with one attached hydrogen (secondary N) is 1. The van der Waals surface area contributed by atoms with Gasteiger partial charge < -0.3 is 0 Å². The standard InChI is InChI=1S/C17H20N4O2S/c1-2-3-11-24(22,23)20-12-14-7-6-10-18-17(14)21-13-19-15-8-4-5-9-16(15)21/h4-10,13,20H,2-3,11-12H2,1H3. The van der Waals surface area contributed by atoms with Crippen molar-refractivity contribution in [3.63, 3.8) is 0 Å². The van der Waals surface area contributed by atoms with E-state index >= 15 is 0 Å². The number of imidazole rings is 1. The minimum Gasteiger partial charge on any atom is -0.283 e. The fourth-order valence-corrected chi connectivity index (χ4v) is 3.70. The smallest absolute Gasteiger partial charge is 0.211 e. The molecule has 0 bridgehead atoms. The summed E-state index contributed by atoms with van der Waals surface area (Å²) in [7, 11) is -3.27. The first-order valence-electron chi connectivity index (χ1n) is 7.94. The second kappa shape index (κ2) is 7.11. The molecular weight excluding hydrogens is 324 g/mol. The lowest BCUT2D eigenvalue weighted by molar-refractivity contribution is 0.577. The first-order valence-corrected chi connectivity index (χ1v) is 9.59. The van der Waals surface area contributed by atoms with Crippen molar-refractivity contribution in [1.82, 2.24) is 19.3 Å². The molecule has 0 fully saturated rings. The Morgan fingerprint density at radius 2 is 1.96 bits per heavy atom. The summed E-state index contributed by atoms with van der Waals surface area (Å²) in [4.78, 5) is 8.79. The molecule has 0 radical (unpaired) electrons. The van der Waals surface area contributed by atoms with Crippen LogP contribution in [-0.4, -0.2) is 28.7 Å². The molecule has 0 aliphatic rings. The second-order valence-corrected chi connectivity index (χ2v) is 7.51. The average molecular weight is 344 g/mol. The van der Waals surface area contributed by atoms with Gasteiger partial charge in [-0.15, -0.1) is 0 Å². The molecule has 0 saturated heterocycles. The van der Waals surface area contributed by atoms with Gasteiger partial charge in [-0.2, -0.15) is 0 Å². The van der Waals surface area contributed by atoms with Crippen LogP contribution in [0.3, 0.4) is 0 Å². The maximum atomic E-state index is 12.0. The fourth-order valence-electron chi connectivity index (χ4n) is 2.51. The Hall–Kier alpha value is -2.25. The molecule has 6 nitrogen and oxygen atoms in total. The Kier molecular flexibility index (Phi) is 4.92. The van der Waals surface area contributed by atoms with E-state index in [0.29, 0.717) is 12.2 Å². The predicted octanol–water partition coefficient (Wildman–Crippen LogP) is 2.64. The van der Waals surface area contributed by atoms with Gasteiger partial charge in [0.05, 0.1) is 16.8 Å². The topological polar surface area (TPSA) is 76.9 Å². The number of unbranched alkanes of at least 4 members (excludes halogenated alkanes) is 1. The Labute approximate surface area is 141 Å². The predicted molar refractivity (Wildman–Crippen MR) is 94.4 cm³/mol. The van der Waals surface area contributed by atoms with E-state index < -0.39 is 10.0 Å². The van der Waals surface area contributed by atoms with E-state index in [4.69, 9.17) is 0 Å². The Morgan fingerprint density at radius 3 is 2.79 bits per heavy atom. The highest BCUT2D eigenvalue weighted by Crippen LogP contribution is 2.19. The number of nitrogens with zero attached hydrogens (tertiary/aromatic N) is 3. The van der Waals surface area contributed by atoms with Crippen LogP contribution in [0.4, 0.5) is 0 Å². The third-order valence-electron chi connectivity index (χ3n) is 3.80. The normalized spacial score (nSPS) is 11.9. The van der Waals surface area contributed by atoms with Gasteiger partial charge in [-0.25, -0.2) is 23.1 Å². The SMILES string of the molecule is CCCCS(=O)(=O)NCc1cccnc1-n1cnc2ccccc21. The maximum Gasteiger partial charge on any atom is 0.211 e. The molecule has 0 aliphatic carbocycles. The molecule has 0 saturated carbocycles. The van der Waals surface area contributed by atoms with Gasteiger partial charge in [-0.05, 0) is 24.6 Å². The van der Waals surface area contributed by atoms with Gasteiger partial charge in [-0.1, -0.05) is 31.5 Å². The Balaban J connectivity index is 1.89. The molecule has 7 heteroatoms. The molecule has 3 aromatic rings. The molecular formula is C17H20N4O2S. The number of rotatable bonds is 7. The molecule has 1 aromatic carbocycles. The van der Waals surface area contributed by atoms with E-state index in [1.807, 2.05) is 41.8 Å². The summed E-state index contributed by atoms with van der Waals surface area (Å²) in [5.41, 5.74) is 2.62. The monoisotopic (exact) mass is 344 g/mol. The highest BCUT2D eigenvalue weighted by Gasteiger charge is 2.13. The number of hydrogen-bond donors (Lipinski definition) is 1. The number of aromatic nitrogens is 3. The van der Waals surface area contributed by atoms with Gasteiger partial charge in [0.15, 0.2) is 0 Å². The van der Waals surface area contributed by atoms with E-state index in [2.05, 4.69) is 14.7 Å². The van der Waals surface area contributed by atoms with Gasteiger partial charge in [0.2, 0.25) is 10.0 Å². The molecule has 0 unspecified atom stereocenters. The van der Waals surface area contributed by atoms with Crippen LogP contribution in [0.15, 0.2) is 48.9 Å². The third kappa shape index (κ3) is 3.63. The number of pyridine rings is 1. The van der Waals surface area contributed by atoms with Gasteiger partial charge in [0, 0.05) is 18.3 Å². The molecule has 2 aromatic heterocycles. The van der Waals surface area contributed by atoms with Crippen LogP contribution in [-0.2, 0) is 16.6 Å². The zero-order chi connectivity index (χ0) is 17.0. The lowest BCUT2D eigenvalue weighted by Crippen LogP contribution is -2.26. The highest BCUT2D eigenvalue weighted by atomic mass is 32.2. The van der Waals surface area contributed by atoms with Crippen LogP contribution < -0.4 is 4.72 Å². The molecule has 126 valence electrons. The third-order valence-corrected chi connectivity index (χ3v) is 5.21. The van der Waals surface area contributed by atoms with E-state index in [9.17, 15) is 8.42 Å². The van der Waals surface area contributed by atoms with Crippen molar-refractivity contribution in [3.8, 4) is 5.82 Å². The number of sulfonamides is 1. The van der Waals surface area contributed by atoms with Crippen LogP contribution in [0.1, 0.15) is 25.3 Å². The van der Waals surface area contributed by atoms with Crippen LogP contribution >= 0.6 is 0 Å². The van der Waals surface area contributed by atoms with Crippen molar-refractivity contribution in [3.05, 3.63) is 54.5 Å². The lowest BCUT2D eigenvalue weighted by Gasteiger charge is -2.11. The maximum absolute atomic E-state index is 12.0. The van der Waals surface area contributed by atoms with E-state index in [1.165, 1.54) is 0 Å². The van der Waals surface area contributed by atoms with Gasteiger partial charge in [0.25, 0.3) is 0 Å². The van der Waals surface area contributed by atoms with Crippen molar-refractivity contribution < 1.29 is 8.42 Å². The average Bonchev–Trinajstić information content (AvgIpc) is 3.02. The number of benzene rings is 1. The van der Waals surface area contributed by atoms with Crippen molar-refractivity contribution in [2.75, 3.05) is 5.75 Å². The van der Waals surface area contributed by atoms with Crippen molar-refractivity contribution in [2.24, 2.45) is 0 Å². The summed E-state index contributed by atoms with van der Waals surface area (Å²) in [5, 5.41) is 0. The first kappa shape index (κ1) is 16.6. The van der Waals surface area contributed by atoms with Gasteiger partial charge >= 0.3 is 0 Å². The molecule has 24 heavy (non-hydrogen) atoms. The lowest BCUT2D eigenvalue weighted by atomic mass is 10.2. The second-order valence-electron chi connectivity index (χ2n) is 5.58. The summed E-state index contributed by atoms with van der Waals surface area (Å²) in [5.74, 6) is 0.831. The van der Waals surface area contributed by atoms with E-state index in [-0.39, 0.29) is 12.3 Å². The molecule has 3 rings (SSSR count). The van der Waals surface area contributed by atoms with Crippen molar-refractivity contribution in [1.29, 1.82) is 0 Å². The molecule has 0 atom stereocenters. The van der Waals surface area contributed by atoms with E-state index in [1.54, 1.807) is 18.6 Å². The zero-order valence-corrected chi connectivity index (χ0v) is 14.3. The largest absolute Gasteiger partial charge is 0.283 e. The van der Waals surface area contributed by atoms with Gasteiger partial charge in [-0.3, -0.25) is 4.57 Å². The summed E-state index contributed by atoms with van der Waals surface area (Å²) < 4.78 is 28.6. The molecule has 0 spiro atoms. The van der Waals surface area contributed by atoms with Crippen molar-refractivity contribution in [2.45, 2.75) is 26.3 Å². The van der Waals surface area contributed by atoms with E-state index in [0.717, 1.165) is 23.0 Å². The Bertz CT molecular complexity index is 934. The van der Waals surface area contributed by atoms with Crippen molar-refractivity contribution >= 4 is 21.1 Å². The quantitative estimate of drug-likeness (QED) is 0.715. The number of para-hydroxylation sites is 2. The number of hydrogen-bond acceptors (Lipinski definition) is 4. The van der Waals surface area contributed by atoms with Gasteiger partial charge in [0.1, 0.15) is 12.1 Å². The summed E-state index contributed by atoms with van der Waals surface area (Å²) in [6.45, 7) is 2.18. The van der Waals surface area contributed by atoms with Crippen LogP contribution in [0.25, 0.3) is 16.9 Å². The van der Waals surface area contributed by atoms with Crippen LogP contribution in [0.5, 0.6) is 0 Å². The number of fused-ring (bicyclic) bond motifs is 1. The zero-order valence-electron chi connectivity index (χ0n) is 13.5.